The van der Waals surface area contributed by atoms with Crippen LogP contribution in [0.25, 0.3) is 22.3 Å². The summed E-state index contributed by atoms with van der Waals surface area (Å²) in [7, 11) is 3.91. The first-order valence-electron chi connectivity index (χ1n) is 13.3. The molecule has 0 radical (unpaired) electrons. The van der Waals surface area contributed by atoms with Crippen molar-refractivity contribution in [1.82, 2.24) is 24.6 Å². The summed E-state index contributed by atoms with van der Waals surface area (Å²) < 4.78 is 13.7. The highest BCUT2D eigenvalue weighted by Gasteiger charge is 2.30. The number of likely N-dealkylation sites (tertiary alicyclic amines) is 1. The Labute approximate surface area is 232 Å². The Morgan fingerprint density at radius 1 is 1.12 bits per heavy atom. The number of piperidine rings is 1. The second-order valence-electron chi connectivity index (χ2n) is 10.1. The summed E-state index contributed by atoms with van der Waals surface area (Å²) in [4.78, 5) is 26.2. The van der Waals surface area contributed by atoms with Crippen molar-refractivity contribution < 1.29 is 14.3 Å². The summed E-state index contributed by atoms with van der Waals surface area (Å²) in [6.07, 6.45) is 7.66. The number of anilines is 3. The van der Waals surface area contributed by atoms with Gasteiger partial charge in [-0.3, -0.25) is 4.79 Å². The maximum atomic E-state index is 13.0. The van der Waals surface area contributed by atoms with E-state index < -0.39 is 0 Å². The van der Waals surface area contributed by atoms with Gasteiger partial charge < -0.3 is 30.3 Å². The van der Waals surface area contributed by atoms with Gasteiger partial charge in [-0.25, -0.2) is 14.6 Å². The first-order chi connectivity index (χ1) is 19.4. The molecule has 0 spiro atoms. The van der Waals surface area contributed by atoms with Crippen molar-refractivity contribution in [3.05, 3.63) is 60.6 Å². The molecule has 1 fully saturated rings. The average Bonchev–Trinajstić information content (AvgIpc) is 3.60. The Bertz CT molecular complexity index is 1600. The van der Waals surface area contributed by atoms with Crippen molar-refractivity contribution >= 4 is 34.1 Å². The molecule has 4 aromatic rings. The number of carbonyl (C=O) groups is 1. The highest BCUT2D eigenvalue weighted by molar-refractivity contribution is 6.06. The van der Waals surface area contributed by atoms with Crippen LogP contribution in [0.15, 0.2) is 55.0 Å². The van der Waals surface area contributed by atoms with Gasteiger partial charge in [0.1, 0.15) is 17.8 Å². The minimum absolute atomic E-state index is 0.0261. The van der Waals surface area contributed by atoms with Crippen LogP contribution in [-0.4, -0.2) is 64.5 Å². The van der Waals surface area contributed by atoms with Gasteiger partial charge >= 0.3 is 0 Å². The van der Waals surface area contributed by atoms with E-state index in [0.29, 0.717) is 50.9 Å². The Morgan fingerprint density at radius 2 is 1.93 bits per heavy atom. The molecule has 3 N–H and O–H groups in total. The Hall–Kier alpha value is -4.80. The topological polar surface area (TPSA) is 124 Å². The van der Waals surface area contributed by atoms with Gasteiger partial charge in [-0.05, 0) is 62.4 Å². The molecule has 11 nitrogen and oxygen atoms in total. The summed E-state index contributed by atoms with van der Waals surface area (Å²) in [5.41, 5.74) is 10.5. The molecule has 0 bridgehead atoms. The summed E-state index contributed by atoms with van der Waals surface area (Å²) in [5.74, 6) is 1.05. The van der Waals surface area contributed by atoms with E-state index in [2.05, 4.69) is 32.5 Å². The Kier molecular flexibility index (Phi) is 6.63. The first-order valence-corrected chi connectivity index (χ1v) is 13.3. The van der Waals surface area contributed by atoms with Gasteiger partial charge in [0.05, 0.1) is 17.1 Å². The zero-order valence-corrected chi connectivity index (χ0v) is 22.8. The number of allylic oxidation sites excluding steroid dienone is 1. The molecule has 0 aliphatic carbocycles. The average molecular weight is 541 g/mol. The fraction of sp³-hybridized carbons (Fsp3) is 0.310. The van der Waals surface area contributed by atoms with Gasteiger partial charge in [0.2, 0.25) is 6.79 Å². The molecule has 206 valence electrons. The van der Waals surface area contributed by atoms with Crippen molar-refractivity contribution in [3.63, 3.8) is 0 Å². The molecule has 6 rings (SSSR count). The van der Waals surface area contributed by atoms with E-state index in [-0.39, 0.29) is 18.7 Å². The fourth-order valence-corrected chi connectivity index (χ4v) is 5.35. The molecule has 1 saturated heterocycles. The first kappa shape index (κ1) is 25.5. The van der Waals surface area contributed by atoms with E-state index in [4.69, 9.17) is 20.3 Å². The minimum atomic E-state index is -0.244. The fourth-order valence-electron chi connectivity index (χ4n) is 5.35. The van der Waals surface area contributed by atoms with E-state index in [9.17, 15) is 4.79 Å². The van der Waals surface area contributed by atoms with Gasteiger partial charge in [-0.2, -0.15) is 5.10 Å². The van der Waals surface area contributed by atoms with Crippen molar-refractivity contribution in [2.24, 2.45) is 0 Å². The Morgan fingerprint density at radius 3 is 2.70 bits per heavy atom. The van der Waals surface area contributed by atoms with Crippen LogP contribution in [0.1, 0.15) is 36.2 Å². The Balaban J connectivity index is 1.37. The smallest absolute Gasteiger partial charge is 0.255 e. The maximum absolute atomic E-state index is 13.0. The van der Waals surface area contributed by atoms with Crippen LogP contribution in [0.5, 0.6) is 11.5 Å². The van der Waals surface area contributed by atoms with Crippen molar-refractivity contribution in [1.29, 1.82) is 0 Å². The lowest BCUT2D eigenvalue weighted by Gasteiger charge is -2.32. The van der Waals surface area contributed by atoms with Gasteiger partial charge in [0.15, 0.2) is 17.1 Å². The number of aromatic nitrogens is 4. The van der Waals surface area contributed by atoms with Crippen molar-refractivity contribution in [2.45, 2.75) is 25.8 Å². The summed E-state index contributed by atoms with van der Waals surface area (Å²) in [5, 5.41) is 8.66. The molecule has 2 aromatic heterocycles. The normalized spacial score (nSPS) is 16.6. The highest BCUT2D eigenvalue weighted by atomic mass is 16.7. The third-order valence-corrected chi connectivity index (χ3v) is 7.32. The largest absolute Gasteiger partial charge is 0.453 e. The third-order valence-electron chi connectivity index (χ3n) is 7.32. The second kappa shape index (κ2) is 10.4. The third kappa shape index (κ3) is 4.53. The molecule has 2 aliphatic rings. The number of nitrogens with zero attached hydrogens (tertiary/aromatic N) is 6. The molecule has 1 amide bonds. The molecule has 0 saturated carbocycles. The van der Waals surface area contributed by atoms with Crippen LogP contribution in [0.4, 0.5) is 17.2 Å². The van der Waals surface area contributed by atoms with Crippen LogP contribution < -0.4 is 25.4 Å². The molecule has 1 atom stereocenters. The number of fused-ring (bicyclic) bond motifs is 2. The van der Waals surface area contributed by atoms with Crippen LogP contribution in [0, 0.1) is 0 Å². The quantitative estimate of drug-likeness (QED) is 0.368. The van der Waals surface area contributed by atoms with Crippen LogP contribution in [0.3, 0.4) is 0 Å². The molecule has 4 heterocycles. The molecular formula is C29H32N8O3. The number of rotatable bonds is 6. The molecule has 0 unspecified atom stereocenters. The van der Waals surface area contributed by atoms with E-state index >= 15 is 0 Å². The number of hydrogen-bond acceptors (Lipinski definition) is 9. The van der Waals surface area contributed by atoms with Gasteiger partial charge in [-0.1, -0.05) is 6.08 Å². The lowest BCUT2D eigenvalue weighted by Crippen LogP contribution is -2.33. The maximum Gasteiger partial charge on any atom is 0.255 e. The number of nitrogen functional groups attached to an aromatic ring is 1. The number of nitrogens with one attached hydrogen (secondary N) is 1. The van der Waals surface area contributed by atoms with Crippen LogP contribution in [0.2, 0.25) is 0 Å². The van der Waals surface area contributed by atoms with E-state index in [1.54, 1.807) is 18.2 Å². The summed E-state index contributed by atoms with van der Waals surface area (Å²) in [6, 6.07) is 11.2. The monoisotopic (exact) mass is 540 g/mol. The number of hydrogen-bond donors (Lipinski definition) is 2. The lowest BCUT2D eigenvalue weighted by molar-refractivity contribution is 0.102. The second-order valence-corrected chi connectivity index (χ2v) is 10.1. The predicted octanol–water partition coefficient (Wildman–Crippen LogP) is 4.29. The van der Waals surface area contributed by atoms with Crippen LogP contribution in [-0.2, 0) is 0 Å². The van der Waals surface area contributed by atoms with Gasteiger partial charge in [-0.15, -0.1) is 0 Å². The predicted molar refractivity (Wildman–Crippen MR) is 155 cm³/mol. The zero-order chi connectivity index (χ0) is 27.8. The van der Waals surface area contributed by atoms with Gasteiger partial charge in [0.25, 0.3) is 5.91 Å². The van der Waals surface area contributed by atoms with E-state index in [1.807, 2.05) is 48.8 Å². The molecule has 11 heteroatoms. The summed E-state index contributed by atoms with van der Waals surface area (Å²) >= 11 is 0. The molecule has 40 heavy (non-hydrogen) atoms. The van der Waals surface area contributed by atoms with Crippen molar-refractivity contribution in [3.8, 4) is 22.8 Å². The molecular weight excluding hydrogens is 508 g/mol. The SMILES string of the molecule is CC=CN1CCC[C@H](n2nc(-c3ccc(NC(=O)c4ccc(N(C)C)cc4)c4c3OCO4)c3c(N)ncnc32)C1. The number of ether oxygens (including phenoxy) is 2. The highest BCUT2D eigenvalue weighted by Crippen LogP contribution is 2.48. The number of benzene rings is 2. The van der Waals surface area contributed by atoms with Gasteiger partial charge in [0, 0.05) is 44.0 Å². The minimum Gasteiger partial charge on any atom is -0.453 e. The van der Waals surface area contributed by atoms with Crippen molar-refractivity contribution in [2.75, 3.05) is 49.9 Å². The number of amides is 1. The number of nitrogens with two attached hydrogens (primary N) is 1. The summed E-state index contributed by atoms with van der Waals surface area (Å²) in [6.45, 7) is 3.88. The molecule has 2 aromatic carbocycles. The molecule has 2 aliphatic heterocycles. The zero-order valence-electron chi connectivity index (χ0n) is 22.8. The lowest BCUT2D eigenvalue weighted by atomic mass is 10.1. The van der Waals surface area contributed by atoms with Crippen LogP contribution >= 0.6 is 0 Å². The van der Waals surface area contributed by atoms with E-state index in [1.165, 1.54) is 6.33 Å². The number of carbonyl (C=O) groups excluding carboxylic acids is 1. The van der Waals surface area contributed by atoms with E-state index in [0.717, 1.165) is 31.6 Å². The standard InChI is InChI=1S/C29H32N8O3/c1-4-13-36-14-5-6-20(15-36)37-28-23(27(30)31-16-32-28)24(34-37)21-11-12-22(26-25(21)39-17-40-26)33-29(38)18-7-9-19(10-8-18)35(2)3/h4,7-13,16,20H,5-6,14-15,17H2,1-3H3,(H,33,38)(H2,30,31,32)/t20-/m0/s1.